The Labute approximate surface area is 115 Å². The molecule has 2 nitrogen and oxygen atoms in total. The Balaban J connectivity index is 2.37. The summed E-state index contributed by atoms with van der Waals surface area (Å²) in [5, 5.41) is 3.38. The molecular weight excluding hydrogens is 271 g/mol. The van der Waals surface area contributed by atoms with Crippen molar-refractivity contribution in [3.63, 3.8) is 0 Å². The maximum atomic E-state index is 12.9. The molecule has 0 fully saturated rings. The summed E-state index contributed by atoms with van der Waals surface area (Å²) in [4.78, 5) is 0.288. The summed E-state index contributed by atoms with van der Waals surface area (Å²) in [5.74, 6) is -0.381. The van der Waals surface area contributed by atoms with E-state index in [1.165, 1.54) is 12.1 Å². The van der Waals surface area contributed by atoms with E-state index in [0.717, 1.165) is 5.69 Å². The Morgan fingerprint density at radius 2 is 1.89 bits per heavy atom. The van der Waals surface area contributed by atoms with E-state index in [1.807, 2.05) is 24.3 Å². The summed E-state index contributed by atoms with van der Waals surface area (Å²) < 4.78 is 12.9. The van der Waals surface area contributed by atoms with Crippen molar-refractivity contribution in [2.24, 2.45) is 5.73 Å². The van der Waals surface area contributed by atoms with E-state index in [9.17, 15) is 4.39 Å². The summed E-state index contributed by atoms with van der Waals surface area (Å²) in [7, 11) is 0. The average Bonchev–Trinajstić information content (AvgIpc) is 2.33. The summed E-state index contributed by atoms with van der Waals surface area (Å²) in [6.07, 6.45) is 0. The van der Waals surface area contributed by atoms with E-state index in [2.05, 4.69) is 5.32 Å². The number of para-hydroxylation sites is 1. The van der Waals surface area contributed by atoms with Gasteiger partial charge in [-0.2, -0.15) is 0 Å². The molecule has 2 aromatic carbocycles. The topological polar surface area (TPSA) is 38.0 Å². The van der Waals surface area contributed by atoms with Gasteiger partial charge in [0.25, 0.3) is 0 Å². The fourth-order valence-electron chi connectivity index (χ4n) is 1.54. The lowest BCUT2D eigenvalue weighted by atomic mass is 10.1. The minimum absolute atomic E-state index is 0.288. The Morgan fingerprint density at radius 3 is 2.56 bits per heavy atom. The number of halogens is 2. The predicted molar refractivity (Wildman–Crippen MR) is 77.0 cm³/mol. The summed E-state index contributed by atoms with van der Waals surface area (Å²) in [6, 6.07) is 11.5. The monoisotopic (exact) mass is 280 g/mol. The molecule has 0 spiro atoms. The highest BCUT2D eigenvalue weighted by Gasteiger charge is 2.07. The van der Waals surface area contributed by atoms with Gasteiger partial charge in [0, 0.05) is 11.3 Å². The molecule has 0 aromatic heterocycles. The third kappa shape index (κ3) is 2.78. The van der Waals surface area contributed by atoms with Crippen molar-refractivity contribution in [2.75, 3.05) is 5.32 Å². The molecule has 2 aromatic rings. The van der Waals surface area contributed by atoms with Gasteiger partial charge in [-0.05, 0) is 30.3 Å². The zero-order valence-electron chi connectivity index (χ0n) is 9.28. The van der Waals surface area contributed by atoms with Gasteiger partial charge in [0.2, 0.25) is 0 Å². The second-order valence-electron chi connectivity index (χ2n) is 3.66. The van der Waals surface area contributed by atoms with Gasteiger partial charge < -0.3 is 11.1 Å². The lowest BCUT2D eigenvalue weighted by Crippen LogP contribution is -2.11. The molecule has 2 rings (SSSR count). The Bertz CT molecular complexity index is 601. The zero-order valence-corrected chi connectivity index (χ0v) is 10.9. The molecule has 0 heterocycles. The highest BCUT2D eigenvalue weighted by Crippen LogP contribution is 2.27. The fraction of sp³-hybridized carbons (Fsp3) is 0. The third-order valence-electron chi connectivity index (χ3n) is 2.39. The molecule has 18 heavy (non-hydrogen) atoms. The standard InChI is InChI=1S/C13H10ClFN2S/c14-10-7-8(15)5-6-12(10)17-11-4-2-1-3-9(11)13(16)18/h1-7,17H,(H2,16,18). The average molecular weight is 281 g/mol. The molecule has 0 aliphatic rings. The molecule has 0 radical (unpaired) electrons. The first-order valence-corrected chi connectivity index (χ1v) is 5.97. The maximum Gasteiger partial charge on any atom is 0.124 e. The lowest BCUT2D eigenvalue weighted by Gasteiger charge is -2.12. The molecule has 3 N–H and O–H groups in total. The van der Waals surface area contributed by atoms with Gasteiger partial charge in [-0.15, -0.1) is 0 Å². The van der Waals surface area contributed by atoms with Crippen LogP contribution in [0.2, 0.25) is 5.02 Å². The molecule has 0 unspecified atom stereocenters. The van der Waals surface area contributed by atoms with Gasteiger partial charge in [-0.3, -0.25) is 0 Å². The van der Waals surface area contributed by atoms with Gasteiger partial charge in [-0.1, -0.05) is 36.0 Å². The highest BCUT2D eigenvalue weighted by molar-refractivity contribution is 7.80. The largest absolute Gasteiger partial charge is 0.389 e. The van der Waals surface area contributed by atoms with Crippen molar-refractivity contribution in [1.29, 1.82) is 0 Å². The summed E-state index contributed by atoms with van der Waals surface area (Å²) in [5.41, 5.74) is 7.68. The zero-order chi connectivity index (χ0) is 13.1. The third-order valence-corrected chi connectivity index (χ3v) is 2.93. The van der Waals surface area contributed by atoms with E-state index in [1.54, 1.807) is 6.07 Å². The van der Waals surface area contributed by atoms with Crippen LogP contribution in [0.3, 0.4) is 0 Å². The van der Waals surface area contributed by atoms with Crippen LogP contribution in [0.1, 0.15) is 5.56 Å². The maximum absolute atomic E-state index is 12.9. The molecule has 0 saturated carbocycles. The lowest BCUT2D eigenvalue weighted by molar-refractivity contribution is 0.628. The Hall–Kier alpha value is -1.65. The molecule has 0 aliphatic carbocycles. The predicted octanol–water partition coefficient (Wildman–Crippen LogP) is 3.86. The van der Waals surface area contributed by atoms with Crippen molar-refractivity contribution in [3.05, 3.63) is 58.9 Å². The minimum atomic E-state index is -0.381. The van der Waals surface area contributed by atoms with Crippen LogP contribution in [0.15, 0.2) is 42.5 Å². The van der Waals surface area contributed by atoms with Gasteiger partial charge in [0.1, 0.15) is 10.8 Å². The molecule has 0 atom stereocenters. The first kappa shape index (κ1) is 12.8. The fourth-order valence-corrected chi connectivity index (χ4v) is 1.94. The number of hydrogen-bond donors (Lipinski definition) is 2. The van der Waals surface area contributed by atoms with Crippen LogP contribution in [0, 0.1) is 5.82 Å². The minimum Gasteiger partial charge on any atom is -0.389 e. The smallest absolute Gasteiger partial charge is 0.124 e. The number of thiocarbonyl (C=S) groups is 1. The molecule has 92 valence electrons. The molecule has 5 heteroatoms. The normalized spacial score (nSPS) is 10.1. The molecule has 0 bridgehead atoms. The summed E-state index contributed by atoms with van der Waals surface area (Å²) in [6.45, 7) is 0. The van der Waals surface area contributed by atoms with Gasteiger partial charge in [0.15, 0.2) is 0 Å². The Kier molecular flexibility index (Phi) is 3.79. The van der Waals surface area contributed by atoms with Crippen molar-refractivity contribution in [3.8, 4) is 0 Å². The number of rotatable bonds is 3. The van der Waals surface area contributed by atoms with E-state index in [4.69, 9.17) is 29.6 Å². The van der Waals surface area contributed by atoms with Crippen LogP contribution < -0.4 is 11.1 Å². The molecule has 0 saturated heterocycles. The van der Waals surface area contributed by atoms with E-state index in [0.29, 0.717) is 16.3 Å². The van der Waals surface area contributed by atoms with Crippen LogP contribution >= 0.6 is 23.8 Å². The molecule has 0 amide bonds. The number of benzene rings is 2. The van der Waals surface area contributed by atoms with Crippen molar-refractivity contribution < 1.29 is 4.39 Å². The van der Waals surface area contributed by atoms with E-state index < -0.39 is 0 Å². The van der Waals surface area contributed by atoms with Crippen molar-refractivity contribution >= 4 is 40.2 Å². The first-order chi connectivity index (χ1) is 8.58. The number of hydrogen-bond acceptors (Lipinski definition) is 2. The first-order valence-electron chi connectivity index (χ1n) is 5.19. The van der Waals surface area contributed by atoms with Gasteiger partial charge >= 0.3 is 0 Å². The van der Waals surface area contributed by atoms with Crippen LogP contribution in [-0.2, 0) is 0 Å². The van der Waals surface area contributed by atoms with Crippen LogP contribution in [0.5, 0.6) is 0 Å². The van der Waals surface area contributed by atoms with Crippen LogP contribution in [0.4, 0.5) is 15.8 Å². The number of nitrogens with one attached hydrogen (secondary N) is 1. The summed E-state index contributed by atoms with van der Waals surface area (Å²) >= 11 is 10.9. The molecule has 0 aliphatic heterocycles. The van der Waals surface area contributed by atoms with Gasteiger partial charge in [0.05, 0.1) is 10.7 Å². The van der Waals surface area contributed by atoms with Crippen LogP contribution in [0.25, 0.3) is 0 Å². The quantitative estimate of drug-likeness (QED) is 0.839. The SMILES string of the molecule is NC(=S)c1ccccc1Nc1ccc(F)cc1Cl. The second kappa shape index (κ2) is 5.33. The van der Waals surface area contributed by atoms with E-state index >= 15 is 0 Å². The second-order valence-corrected chi connectivity index (χ2v) is 4.51. The van der Waals surface area contributed by atoms with Crippen LogP contribution in [-0.4, -0.2) is 4.99 Å². The van der Waals surface area contributed by atoms with Crippen molar-refractivity contribution in [2.45, 2.75) is 0 Å². The van der Waals surface area contributed by atoms with Crippen molar-refractivity contribution in [1.82, 2.24) is 0 Å². The highest BCUT2D eigenvalue weighted by atomic mass is 35.5. The Morgan fingerprint density at radius 1 is 1.17 bits per heavy atom. The number of anilines is 2. The van der Waals surface area contributed by atoms with Gasteiger partial charge in [-0.25, -0.2) is 4.39 Å². The van der Waals surface area contributed by atoms with E-state index in [-0.39, 0.29) is 10.8 Å². The number of nitrogens with two attached hydrogens (primary N) is 1. The molecular formula is C13H10ClFN2S.